The average Bonchev–Trinajstić information content (AvgIpc) is 2.48. The zero-order chi connectivity index (χ0) is 14.5. The van der Waals surface area contributed by atoms with Crippen LogP contribution in [-0.4, -0.2) is 42.9 Å². The summed E-state index contributed by atoms with van der Waals surface area (Å²) in [5, 5.41) is 13.8. The van der Waals surface area contributed by atoms with Crippen molar-refractivity contribution in [3.63, 3.8) is 0 Å². The van der Waals surface area contributed by atoms with Crippen LogP contribution >= 0.6 is 0 Å². The molecule has 0 bridgehead atoms. The van der Waals surface area contributed by atoms with Gasteiger partial charge in [0.2, 0.25) is 5.91 Å². The van der Waals surface area contributed by atoms with Gasteiger partial charge in [0.1, 0.15) is 18.4 Å². The molecule has 1 fully saturated rings. The van der Waals surface area contributed by atoms with E-state index < -0.39 is 18.2 Å². The fourth-order valence-electron chi connectivity index (χ4n) is 1.80. The lowest BCUT2D eigenvalue weighted by Crippen LogP contribution is -2.70. The van der Waals surface area contributed by atoms with Gasteiger partial charge < -0.3 is 25.2 Å². The molecule has 1 aliphatic heterocycles. The topological polar surface area (TPSA) is 96.9 Å². The number of methoxy groups -OCH3 is 1. The van der Waals surface area contributed by atoms with E-state index in [-0.39, 0.29) is 19.1 Å². The summed E-state index contributed by atoms with van der Waals surface area (Å²) in [7, 11) is 1.57. The smallest absolute Gasteiger partial charge is 0.408 e. The molecule has 3 N–H and O–H groups in total. The number of rotatable bonds is 5. The molecule has 2 atom stereocenters. The maximum absolute atomic E-state index is 11.5. The number of aliphatic hydroxyl groups excluding tert-OH is 1. The van der Waals surface area contributed by atoms with Crippen LogP contribution in [0.3, 0.4) is 0 Å². The minimum absolute atomic E-state index is 0.0912. The molecular formula is C13H16N2O5. The van der Waals surface area contributed by atoms with E-state index in [4.69, 9.17) is 14.6 Å². The predicted octanol–water partition coefficient (Wildman–Crippen LogP) is -0.219. The molecule has 7 nitrogen and oxygen atoms in total. The Labute approximate surface area is 115 Å². The van der Waals surface area contributed by atoms with Crippen molar-refractivity contribution in [1.29, 1.82) is 0 Å². The van der Waals surface area contributed by atoms with Gasteiger partial charge in [-0.15, -0.1) is 0 Å². The molecule has 1 aromatic rings. The predicted molar refractivity (Wildman–Crippen MR) is 69.1 cm³/mol. The van der Waals surface area contributed by atoms with Crippen molar-refractivity contribution in [2.45, 2.75) is 18.7 Å². The van der Waals surface area contributed by atoms with Crippen LogP contribution in [0.15, 0.2) is 24.3 Å². The molecule has 0 unspecified atom stereocenters. The lowest BCUT2D eigenvalue weighted by atomic mass is 10.0. The second-order valence-electron chi connectivity index (χ2n) is 4.34. The van der Waals surface area contributed by atoms with Gasteiger partial charge in [-0.3, -0.25) is 4.79 Å². The molecule has 2 rings (SSSR count). The number of β-lactam (4-membered cyclic amide) rings is 1. The number of aliphatic hydroxyl groups is 1. The number of nitrogens with one attached hydrogen (secondary N) is 2. The number of benzene rings is 1. The molecule has 20 heavy (non-hydrogen) atoms. The van der Waals surface area contributed by atoms with E-state index in [2.05, 4.69) is 10.6 Å². The lowest BCUT2D eigenvalue weighted by molar-refractivity contribution is -0.132. The van der Waals surface area contributed by atoms with Gasteiger partial charge in [-0.25, -0.2) is 4.79 Å². The Morgan fingerprint density at radius 2 is 2.10 bits per heavy atom. The molecule has 0 radical (unpaired) electrons. The second-order valence-corrected chi connectivity index (χ2v) is 4.34. The monoisotopic (exact) mass is 280 g/mol. The SMILES string of the molecule is COc1ccc(COC(=O)N[C@H]2C(=O)N[C@H]2CO)cc1. The van der Waals surface area contributed by atoms with Crippen molar-refractivity contribution >= 4 is 12.0 Å². The molecule has 1 aliphatic rings. The zero-order valence-corrected chi connectivity index (χ0v) is 11.0. The molecule has 2 amide bonds. The van der Waals surface area contributed by atoms with E-state index >= 15 is 0 Å². The molecule has 0 saturated carbocycles. The summed E-state index contributed by atoms with van der Waals surface area (Å²) in [6, 6.07) is 5.90. The van der Waals surface area contributed by atoms with E-state index in [1.165, 1.54) is 0 Å². The highest BCUT2D eigenvalue weighted by Crippen LogP contribution is 2.12. The van der Waals surface area contributed by atoms with Crippen molar-refractivity contribution in [3.05, 3.63) is 29.8 Å². The maximum atomic E-state index is 11.5. The summed E-state index contributed by atoms with van der Waals surface area (Å²) in [6.07, 6.45) is -0.695. The third-order valence-corrected chi connectivity index (χ3v) is 3.01. The first kappa shape index (κ1) is 14.1. The summed E-state index contributed by atoms with van der Waals surface area (Å²) in [4.78, 5) is 22.7. The third-order valence-electron chi connectivity index (χ3n) is 3.01. The first-order valence-electron chi connectivity index (χ1n) is 6.11. The largest absolute Gasteiger partial charge is 0.497 e. The Kier molecular flexibility index (Phi) is 4.41. The first-order valence-corrected chi connectivity index (χ1v) is 6.11. The van der Waals surface area contributed by atoms with Gasteiger partial charge in [-0.2, -0.15) is 0 Å². The molecular weight excluding hydrogens is 264 g/mol. The third kappa shape index (κ3) is 3.18. The van der Waals surface area contributed by atoms with Crippen LogP contribution in [0.2, 0.25) is 0 Å². The Balaban J connectivity index is 1.78. The van der Waals surface area contributed by atoms with Gasteiger partial charge >= 0.3 is 6.09 Å². The summed E-state index contributed by atoms with van der Waals surface area (Å²) >= 11 is 0. The Morgan fingerprint density at radius 1 is 1.40 bits per heavy atom. The van der Waals surface area contributed by atoms with Crippen LogP contribution in [0.5, 0.6) is 5.75 Å². The van der Waals surface area contributed by atoms with Crippen molar-refractivity contribution in [3.8, 4) is 5.75 Å². The fourth-order valence-corrected chi connectivity index (χ4v) is 1.80. The summed E-state index contributed by atoms with van der Waals surface area (Å²) < 4.78 is 10.0. The van der Waals surface area contributed by atoms with Crippen LogP contribution in [0.1, 0.15) is 5.56 Å². The summed E-state index contributed by atoms with van der Waals surface area (Å²) in [5.74, 6) is 0.389. The van der Waals surface area contributed by atoms with Gasteiger partial charge in [-0.05, 0) is 17.7 Å². The number of alkyl carbamates (subject to hydrolysis) is 1. The van der Waals surface area contributed by atoms with Crippen LogP contribution in [0.25, 0.3) is 0 Å². The Morgan fingerprint density at radius 3 is 2.65 bits per heavy atom. The number of hydrogen-bond donors (Lipinski definition) is 3. The fraction of sp³-hybridized carbons (Fsp3) is 0.385. The van der Waals surface area contributed by atoms with E-state index in [1.807, 2.05) is 0 Å². The highest BCUT2D eigenvalue weighted by molar-refractivity contribution is 5.92. The standard InChI is InChI=1S/C13H16N2O5/c1-19-9-4-2-8(3-5-9)7-20-13(18)15-11-10(6-16)14-12(11)17/h2-5,10-11,16H,6-7H2,1H3,(H,14,17)(H,15,18)/t10-,11+/m0/s1. The number of ether oxygens (including phenoxy) is 2. The Hall–Kier alpha value is -2.28. The minimum atomic E-state index is -0.733. The van der Waals surface area contributed by atoms with E-state index in [9.17, 15) is 9.59 Å². The zero-order valence-electron chi connectivity index (χ0n) is 11.0. The molecule has 0 spiro atoms. The van der Waals surface area contributed by atoms with Crippen molar-refractivity contribution in [2.75, 3.05) is 13.7 Å². The van der Waals surface area contributed by atoms with E-state index in [1.54, 1.807) is 31.4 Å². The summed E-state index contributed by atoms with van der Waals surface area (Å²) in [5.41, 5.74) is 0.803. The van der Waals surface area contributed by atoms with Crippen molar-refractivity contribution < 1.29 is 24.2 Å². The van der Waals surface area contributed by atoms with Crippen LogP contribution in [0.4, 0.5) is 4.79 Å². The number of carbonyl (C=O) groups is 2. The lowest BCUT2D eigenvalue weighted by Gasteiger charge is -2.35. The van der Waals surface area contributed by atoms with Crippen LogP contribution < -0.4 is 15.4 Å². The Bertz CT molecular complexity index is 488. The first-order chi connectivity index (χ1) is 9.63. The average molecular weight is 280 g/mol. The molecule has 1 aromatic carbocycles. The van der Waals surface area contributed by atoms with Crippen molar-refractivity contribution in [1.82, 2.24) is 10.6 Å². The normalized spacial score (nSPS) is 20.6. The van der Waals surface area contributed by atoms with Gasteiger partial charge in [0, 0.05) is 0 Å². The van der Waals surface area contributed by atoms with E-state index in [0.717, 1.165) is 11.3 Å². The minimum Gasteiger partial charge on any atom is -0.497 e. The quantitative estimate of drug-likeness (QED) is 0.648. The molecule has 0 aliphatic carbocycles. The van der Waals surface area contributed by atoms with Crippen LogP contribution in [0, 0.1) is 0 Å². The number of hydrogen-bond acceptors (Lipinski definition) is 5. The molecule has 0 aromatic heterocycles. The second kappa shape index (κ2) is 6.25. The van der Waals surface area contributed by atoms with Crippen LogP contribution in [-0.2, 0) is 16.1 Å². The molecule has 7 heteroatoms. The van der Waals surface area contributed by atoms with Gasteiger partial charge in [0.15, 0.2) is 0 Å². The summed E-state index contributed by atoms with van der Waals surface area (Å²) in [6.45, 7) is -0.136. The maximum Gasteiger partial charge on any atom is 0.408 e. The molecule has 1 heterocycles. The molecule has 108 valence electrons. The highest BCUT2D eigenvalue weighted by atomic mass is 16.5. The highest BCUT2D eigenvalue weighted by Gasteiger charge is 2.40. The number of amides is 2. The van der Waals surface area contributed by atoms with Gasteiger partial charge in [0.25, 0.3) is 0 Å². The van der Waals surface area contributed by atoms with Gasteiger partial charge in [-0.1, -0.05) is 12.1 Å². The van der Waals surface area contributed by atoms with Gasteiger partial charge in [0.05, 0.1) is 19.8 Å². The van der Waals surface area contributed by atoms with Crippen molar-refractivity contribution in [2.24, 2.45) is 0 Å². The number of carbonyl (C=O) groups excluding carboxylic acids is 2. The van der Waals surface area contributed by atoms with E-state index in [0.29, 0.717) is 0 Å². The molecule has 1 saturated heterocycles.